The lowest BCUT2D eigenvalue weighted by molar-refractivity contribution is 0.438. The number of hydrogen-bond acceptors (Lipinski definition) is 2. The molecule has 0 aliphatic carbocycles. The van der Waals surface area contributed by atoms with Crippen LogP contribution >= 0.6 is 11.6 Å². The van der Waals surface area contributed by atoms with Crippen LogP contribution in [0.4, 0.5) is 5.69 Å². The maximum absolute atomic E-state index is 6.09. The number of aromatic nitrogens is 1. The molecule has 2 nitrogen and oxygen atoms in total. The monoisotopic (exact) mass is 210 g/mol. The van der Waals surface area contributed by atoms with Gasteiger partial charge >= 0.3 is 0 Å². The average molecular weight is 211 g/mol. The van der Waals surface area contributed by atoms with Gasteiger partial charge in [-0.25, -0.2) is 0 Å². The fourth-order valence-corrected chi connectivity index (χ4v) is 2.11. The van der Waals surface area contributed by atoms with Gasteiger partial charge in [0.1, 0.15) is 0 Å². The summed E-state index contributed by atoms with van der Waals surface area (Å²) in [6.07, 6.45) is 6.05. The van der Waals surface area contributed by atoms with Crippen molar-refractivity contribution in [2.45, 2.75) is 19.8 Å². The minimum Gasteiger partial charge on any atom is -0.370 e. The fourth-order valence-electron chi connectivity index (χ4n) is 1.87. The van der Waals surface area contributed by atoms with Gasteiger partial charge in [0.05, 0.1) is 10.7 Å². The summed E-state index contributed by atoms with van der Waals surface area (Å²) in [5.74, 6) is 0.854. The van der Waals surface area contributed by atoms with Crippen LogP contribution in [0.25, 0.3) is 0 Å². The quantitative estimate of drug-likeness (QED) is 0.709. The lowest BCUT2D eigenvalue weighted by Crippen LogP contribution is -2.32. The highest BCUT2D eigenvalue weighted by molar-refractivity contribution is 6.33. The van der Waals surface area contributed by atoms with Gasteiger partial charge in [-0.3, -0.25) is 4.98 Å². The van der Waals surface area contributed by atoms with Gasteiger partial charge in [0.15, 0.2) is 0 Å². The van der Waals surface area contributed by atoms with Crippen LogP contribution < -0.4 is 4.90 Å². The Bertz CT molecular complexity index is 306. The molecule has 2 heterocycles. The number of hydrogen-bond donors (Lipinski definition) is 0. The van der Waals surface area contributed by atoms with Crippen LogP contribution in [0.3, 0.4) is 0 Å². The molecular formula is C11H15ClN2. The number of halogens is 1. The highest BCUT2D eigenvalue weighted by Gasteiger charge is 2.17. The van der Waals surface area contributed by atoms with Gasteiger partial charge in [-0.05, 0) is 24.8 Å². The van der Waals surface area contributed by atoms with Crippen LogP contribution in [-0.4, -0.2) is 18.1 Å². The van der Waals surface area contributed by atoms with Crippen LogP contribution in [0, 0.1) is 5.92 Å². The third kappa shape index (κ3) is 2.01. The molecule has 0 spiro atoms. The second-order valence-corrected chi connectivity index (χ2v) is 4.40. The Kier molecular flexibility index (Phi) is 2.92. The van der Waals surface area contributed by atoms with Crippen molar-refractivity contribution in [2.75, 3.05) is 18.0 Å². The van der Waals surface area contributed by atoms with Crippen LogP contribution in [0.2, 0.25) is 5.02 Å². The summed E-state index contributed by atoms with van der Waals surface area (Å²) >= 11 is 6.09. The third-order valence-electron chi connectivity index (χ3n) is 2.88. The van der Waals surface area contributed by atoms with E-state index in [2.05, 4.69) is 16.8 Å². The number of piperidine rings is 1. The van der Waals surface area contributed by atoms with E-state index in [1.54, 1.807) is 12.4 Å². The fraction of sp³-hybridized carbons (Fsp3) is 0.545. The molecule has 0 saturated carbocycles. The van der Waals surface area contributed by atoms with Gasteiger partial charge < -0.3 is 4.90 Å². The Morgan fingerprint density at radius 1 is 1.43 bits per heavy atom. The predicted octanol–water partition coefficient (Wildman–Crippen LogP) is 2.97. The van der Waals surface area contributed by atoms with Crippen molar-refractivity contribution in [2.24, 2.45) is 5.92 Å². The highest BCUT2D eigenvalue weighted by Crippen LogP contribution is 2.28. The molecule has 3 heteroatoms. The van der Waals surface area contributed by atoms with Gasteiger partial charge in [-0.2, -0.15) is 0 Å². The second-order valence-electron chi connectivity index (χ2n) is 4.00. The maximum Gasteiger partial charge on any atom is 0.0822 e. The van der Waals surface area contributed by atoms with Crippen molar-refractivity contribution in [3.63, 3.8) is 0 Å². The van der Waals surface area contributed by atoms with Crippen molar-refractivity contribution in [1.82, 2.24) is 4.98 Å². The summed E-state index contributed by atoms with van der Waals surface area (Å²) in [5, 5.41) is 0.766. The molecule has 0 N–H and O–H groups in total. The number of nitrogens with zero attached hydrogens (tertiary/aromatic N) is 2. The summed E-state index contributed by atoms with van der Waals surface area (Å²) in [5.41, 5.74) is 1.13. The van der Waals surface area contributed by atoms with E-state index in [1.807, 2.05) is 6.07 Å². The van der Waals surface area contributed by atoms with E-state index in [0.717, 1.165) is 29.7 Å². The van der Waals surface area contributed by atoms with E-state index in [9.17, 15) is 0 Å². The van der Waals surface area contributed by atoms with Gasteiger partial charge in [0.25, 0.3) is 0 Å². The number of anilines is 1. The summed E-state index contributed by atoms with van der Waals surface area (Å²) in [7, 11) is 0. The Hall–Kier alpha value is -0.760. The Morgan fingerprint density at radius 2 is 2.14 bits per heavy atom. The molecule has 0 atom stereocenters. The van der Waals surface area contributed by atoms with Crippen LogP contribution in [-0.2, 0) is 0 Å². The summed E-state index contributed by atoms with van der Waals surface area (Å²) in [4.78, 5) is 6.35. The normalized spacial score (nSPS) is 18.6. The average Bonchev–Trinajstić information content (AvgIpc) is 2.20. The minimum absolute atomic E-state index is 0.766. The van der Waals surface area contributed by atoms with Crippen molar-refractivity contribution in [3.8, 4) is 0 Å². The first kappa shape index (κ1) is 9.78. The summed E-state index contributed by atoms with van der Waals surface area (Å²) in [6.45, 7) is 4.54. The van der Waals surface area contributed by atoms with Crippen LogP contribution in [0.1, 0.15) is 19.8 Å². The molecular weight excluding hydrogens is 196 g/mol. The lowest BCUT2D eigenvalue weighted by Gasteiger charge is -2.32. The maximum atomic E-state index is 6.09. The molecule has 0 radical (unpaired) electrons. The molecule has 1 aliphatic heterocycles. The highest BCUT2D eigenvalue weighted by atomic mass is 35.5. The zero-order valence-electron chi connectivity index (χ0n) is 8.41. The van der Waals surface area contributed by atoms with E-state index >= 15 is 0 Å². The standard InChI is InChI=1S/C11H15ClN2/c1-9-3-6-14(7-4-9)11-2-5-13-8-10(11)12/h2,5,8-9H,3-4,6-7H2,1H3. The molecule has 1 saturated heterocycles. The molecule has 1 aromatic rings. The molecule has 0 bridgehead atoms. The predicted molar refractivity (Wildman–Crippen MR) is 59.9 cm³/mol. The largest absolute Gasteiger partial charge is 0.370 e. The molecule has 76 valence electrons. The van der Waals surface area contributed by atoms with Crippen LogP contribution in [0.15, 0.2) is 18.5 Å². The minimum atomic E-state index is 0.766. The zero-order valence-corrected chi connectivity index (χ0v) is 9.17. The first-order valence-electron chi connectivity index (χ1n) is 5.12. The van der Waals surface area contributed by atoms with E-state index in [4.69, 9.17) is 11.6 Å². The Labute approximate surface area is 89.9 Å². The zero-order chi connectivity index (χ0) is 9.97. The molecule has 14 heavy (non-hydrogen) atoms. The lowest BCUT2D eigenvalue weighted by atomic mass is 9.99. The molecule has 1 aliphatic rings. The molecule has 0 amide bonds. The van der Waals surface area contributed by atoms with E-state index < -0.39 is 0 Å². The first-order valence-corrected chi connectivity index (χ1v) is 5.49. The number of rotatable bonds is 1. The third-order valence-corrected chi connectivity index (χ3v) is 3.17. The topological polar surface area (TPSA) is 16.1 Å². The molecule has 0 aromatic carbocycles. The first-order chi connectivity index (χ1) is 6.77. The van der Waals surface area contributed by atoms with Crippen LogP contribution in [0.5, 0.6) is 0 Å². The summed E-state index contributed by atoms with van der Waals surface area (Å²) in [6, 6.07) is 2.00. The van der Waals surface area contributed by atoms with Gasteiger partial charge in [-0.1, -0.05) is 18.5 Å². The van der Waals surface area contributed by atoms with Crippen molar-refractivity contribution in [3.05, 3.63) is 23.5 Å². The molecule has 1 fully saturated rings. The second kappa shape index (κ2) is 4.18. The van der Waals surface area contributed by atoms with Crippen molar-refractivity contribution in [1.29, 1.82) is 0 Å². The van der Waals surface area contributed by atoms with Gasteiger partial charge in [-0.15, -0.1) is 0 Å². The molecule has 0 unspecified atom stereocenters. The van der Waals surface area contributed by atoms with Gasteiger partial charge in [0.2, 0.25) is 0 Å². The van der Waals surface area contributed by atoms with E-state index in [1.165, 1.54) is 12.8 Å². The van der Waals surface area contributed by atoms with Gasteiger partial charge in [0, 0.05) is 25.5 Å². The van der Waals surface area contributed by atoms with E-state index in [0.29, 0.717) is 0 Å². The molecule has 2 rings (SSSR count). The Morgan fingerprint density at radius 3 is 2.79 bits per heavy atom. The Balaban J connectivity index is 2.12. The SMILES string of the molecule is CC1CCN(c2ccncc2Cl)CC1. The van der Waals surface area contributed by atoms with Crippen molar-refractivity contribution < 1.29 is 0 Å². The summed E-state index contributed by atoms with van der Waals surface area (Å²) < 4.78 is 0. The van der Waals surface area contributed by atoms with Crippen molar-refractivity contribution >= 4 is 17.3 Å². The molecule has 1 aromatic heterocycles. The smallest absolute Gasteiger partial charge is 0.0822 e. The number of pyridine rings is 1. The van der Waals surface area contributed by atoms with E-state index in [-0.39, 0.29) is 0 Å².